The van der Waals surface area contributed by atoms with E-state index in [9.17, 15) is 4.79 Å². The van der Waals surface area contributed by atoms with Crippen molar-refractivity contribution in [3.05, 3.63) is 30.6 Å². The van der Waals surface area contributed by atoms with Crippen LogP contribution < -0.4 is 10.6 Å². The van der Waals surface area contributed by atoms with Crippen molar-refractivity contribution in [2.24, 2.45) is 0 Å². The normalized spacial score (nSPS) is 12.5. The van der Waals surface area contributed by atoms with Gasteiger partial charge in [-0.05, 0) is 56.3 Å². The molecule has 0 aliphatic carbocycles. The summed E-state index contributed by atoms with van der Waals surface area (Å²) in [6, 6.07) is 7.73. The number of carbonyl (C=O) groups is 1. The molecule has 0 saturated carbocycles. The Hall–Kier alpha value is -2.64. The lowest BCUT2D eigenvalue weighted by Gasteiger charge is -2.21. The monoisotopic (exact) mass is 318 g/mol. The maximum absolute atomic E-state index is 11.6. The summed E-state index contributed by atoms with van der Waals surface area (Å²) < 4.78 is 6.78. The molecule has 0 spiro atoms. The summed E-state index contributed by atoms with van der Waals surface area (Å²) in [5, 5.41) is 17.1. The molecule has 1 unspecified atom stereocenters. The van der Waals surface area contributed by atoms with Gasteiger partial charge in [-0.3, -0.25) is 0 Å². The average molecular weight is 318 g/mol. The minimum Gasteiger partial charge on any atom is -0.444 e. The van der Waals surface area contributed by atoms with Crippen LogP contribution in [0.2, 0.25) is 0 Å². The first-order valence-electron chi connectivity index (χ1n) is 7.40. The third-order valence-corrected chi connectivity index (χ3v) is 2.82. The lowest BCUT2D eigenvalue weighted by atomic mass is 10.2. The zero-order valence-electron chi connectivity index (χ0n) is 13.8. The number of nitrogens with zero attached hydrogens (tertiary/aromatic N) is 4. The topological polar surface area (TPSA) is 94.0 Å². The fourth-order valence-corrected chi connectivity index (χ4v) is 1.90. The van der Waals surface area contributed by atoms with Gasteiger partial charge in [0.25, 0.3) is 0 Å². The van der Waals surface area contributed by atoms with Crippen LogP contribution >= 0.6 is 0 Å². The van der Waals surface area contributed by atoms with E-state index in [-0.39, 0.29) is 6.04 Å². The Labute approximate surface area is 135 Å². The largest absolute Gasteiger partial charge is 0.444 e. The van der Waals surface area contributed by atoms with Crippen LogP contribution in [-0.2, 0) is 4.74 Å². The van der Waals surface area contributed by atoms with Crippen molar-refractivity contribution >= 4 is 11.8 Å². The minimum absolute atomic E-state index is 0.0339. The van der Waals surface area contributed by atoms with Crippen molar-refractivity contribution in [1.29, 1.82) is 0 Å². The number of aromatic nitrogens is 4. The molecular formula is C15H22N6O2. The molecule has 0 radical (unpaired) electrons. The van der Waals surface area contributed by atoms with Crippen LogP contribution in [0.1, 0.15) is 27.7 Å². The first kappa shape index (κ1) is 16.7. The zero-order valence-corrected chi connectivity index (χ0v) is 13.8. The van der Waals surface area contributed by atoms with E-state index in [1.54, 1.807) is 4.68 Å². The molecule has 23 heavy (non-hydrogen) atoms. The second-order valence-corrected chi connectivity index (χ2v) is 6.23. The summed E-state index contributed by atoms with van der Waals surface area (Å²) >= 11 is 0. The Morgan fingerprint density at radius 2 is 2.17 bits per heavy atom. The van der Waals surface area contributed by atoms with Gasteiger partial charge in [-0.1, -0.05) is 6.07 Å². The van der Waals surface area contributed by atoms with Crippen molar-refractivity contribution in [2.75, 3.05) is 11.9 Å². The minimum atomic E-state index is -0.499. The number of amides is 1. The fourth-order valence-electron chi connectivity index (χ4n) is 1.90. The summed E-state index contributed by atoms with van der Waals surface area (Å²) in [6.07, 6.45) is 1.11. The molecule has 0 aliphatic rings. The highest BCUT2D eigenvalue weighted by molar-refractivity contribution is 5.67. The molecule has 0 saturated heterocycles. The highest BCUT2D eigenvalue weighted by Gasteiger charge is 2.16. The standard InChI is InChI=1S/C15H22N6O2/c1-11(9-16-14(22)23-15(2,3)4)18-12-6-5-7-13(8-12)21-10-17-19-20-21/h5-8,10-11,18H,9H2,1-4H3,(H,16,22). The van der Waals surface area contributed by atoms with Gasteiger partial charge in [0.2, 0.25) is 0 Å². The quantitative estimate of drug-likeness (QED) is 0.875. The van der Waals surface area contributed by atoms with Crippen LogP contribution in [-0.4, -0.2) is 44.5 Å². The van der Waals surface area contributed by atoms with E-state index in [1.807, 2.05) is 52.0 Å². The lowest BCUT2D eigenvalue weighted by Crippen LogP contribution is -2.38. The Bertz CT molecular complexity index is 636. The molecule has 1 aromatic carbocycles. The zero-order chi connectivity index (χ0) is 16.9. The van der Waals surface area contributed by atoms with E-state index in [1.165, 1.54) is 6.33 Å². The molecule has 8 heteroatoms. The van der Waals surface area contributed by atoms with Gasteiger partial charge in [-0.25, -0.2) is 9.48 Å². The summed E-state index contributed by atoms with van der Waals surface area (Å²) in [5.41, 5.74) is 1.27. The second kappa shape index (κ2) is 7.08. The summed E-state index contributed by atoms with van der Waals surface area (Å²) in [7, 11) is 0. The van der Waals surface area contributed by atoms with E-state index < -0.39 is 11.7 Å². The number of tetrazole rings is 1. The number of alkyl carbamates (subject to hydrolysis) is 1. The van der Waals surface area contributed by atoms with Gasteiger partial charge in [-0.2, -0.15) is 0 Å². The van der Waals surface area contributed by atoms with Crippen LogP contribution in [0.25, 0.3) is 5.69 Å². The average Bonchev–Trinajstić information content (AvgIpc) is 2.98. The van der Waals surface area contributed by atoms with E-state index in [0.717, 1.165) is 11.4 Å². The Kier molecular flexibility index (Phi) is 5.15. The van der Waals surface area contributed by atoms with Crippen LogP contribution in [0.3, 0.4) is 0 Å². The lowest BCUT2D eigenvalue weighted by molar-refractivity contribution is 0.0526. The molecule has 1 atom stereocenters. The number of rotatable bonds is 5. The highest BCUT2D eigenvalue weighted by atomic mass is 16.6. The molecule has 2 N–H and O–H groups in total. The van der Waals surface area contributed by atoms with E-state index in [2.05, 4.69) is 26.2 Å². The number of hydrogen-bond donors (Lipinski definition) is 2. The van der Waals surface area contributed by atoms with Gasteiger partial charge < -0.3 is 15.4 Å². The Morgan fingerprint density at radius 3 is 2.83 bits per heavy atom. The van der Waals surface area contributed by atoms with Gasteiger partial charge in [0.1, 0.15) is 11.9 Å². The maximum atomic E-state index is 11.6. The van der Waals surface area contributed by atoms with Crippen molar-refractivity contribution in [1.82, 2.24) is 25.5 Å². The molecule has 2 rings (SSSR count). The van der Waals surface area contributed by atoms with E-state index in [0.29, 0.717) is 6.54 Å². The molecule has 124 valence electrons. The van der Waals surface area contributed by atoms with Gasteiger partial charge in [0.05, 0.1) is 5.69 Å². The van der Waals surface area contributed by atoms with E-state index in [4.69, 9.17) is 4.74 Å². The van der Waals surface area contributed by atoms with Crippen molar-refractivity contribution in [3.63, 3.8) is 0 Å². The Morgan fingerprint density at radius 1 is 1.39 bits per heavy atom. The van der Waals surface area contributed by atoms with Gasteiger partial charge in [0.15, 0.2) is 0 Å². The summed E-state index contributed by atoms with van der Waals surface area (Å²) in [4.78, 5) is 11.6. The second-order valence-electron chi connectivity index (χ2n) is 6.23. The molecule has 1 heterocycles. The number of anilines is 1. The molecule has 2 aromatic rings. The third kappa shape index (κ3) is 5.57. The van der Waals surface area contributed by atoms with Crippen LogP contribution in [0.4, 0.5) is 10.5 Å². The molecule has 0 aliphatic heterocycles. The first-order valence-corrected chi connectivity index (χ1v) is 7.40. The van der Waals surface area contributed by atoms with Gasteiger partial charge >= 0.3 is 6.09 Å². The molecule has 8 nitrogen and oxygen atoms in total. The van der Waals surface area contributed by atoms with Crippen molar-refractivity contribution < 1.29 is 9.53 Å². The smallest absolute Gasteiger partial charge is 0.407 e. The maximum Gasteiger partial charge on any atom is 0.407 e. The first-order chi connectivity index (χ1) is 10.8. The number of nitrogens with one attached hydrogen (secondary N) is 2. The van der Waals surface area contributed by atoms with Gasteiger partial charge in [-0.15, -0.1) is 5.10 Å². The third-order valence-electron chi connectivity index (χ3n) is 2.82. The van der Waals surface area contributed by atoms with Crippen LogP contribution in [0, 0.1) is 0 Å². The number of carbonyl (C=O) groups excluding carboxylic acids is 1. The predicted octanol–water partition coefficient (Wildman–Crippen LogP) is 1.99. The number of ether oxygens (including phenoxy) is 1. The van der Waals surface area contributed by atoms with Crippen LogP contribution in [0.5, 0.6) is 0 Å². The number of benzene rings is 1. The summed E-state index contributed by atoms with van der Waals surface area (Å²) in [6.45, 7) is 7.92. The highest BCUT2D eigenvalue weighted by Crippen LogP contribution is 2.14. The molecule has 1 amide bonds. The predicted molar refractivity (Wildman–Crippen MR) is 86.5 cm³/mol. The van der Waals surface area contributed by atoms with Crippen molar-refractivity contribution in [2.45, 2.75) is 39.3 Å². The van der Waals surface area contributed by atoms with Gasteiger partial charge in [0, 0.05) is 18.3 Å². The summed E-state index contributed by atoms with van der Waals surface area (Å²) in [5.74, 6) is 0. The van der Waals surface area contributed by atoms with Crippen LogP contribution in [0.15, 0.2) is 30.6 Å². The van der Waals surface area contributed by atoms with Crippen molar-refractivity contribution in [3.8, 4) is 5.69 Å². The molecular weight excluding hydrogens is 296 g/mol. The SMILES string of the molecule is CC(CNC(=O)OC(C)(C)C)Nc1cccc(-n2cnnn2)c1. The molecule has 0 bridgehead atoms. The van der Waals surface area contributed by atoms with E-state index >= 15 is 0 Å². The molecule has 0 fully saturated rings. The Balaban J connectivity index is 1.87. The number of hydrogen-bond acceptors (Lipinski definition) is 6. The molecule has 1 aromatic heterocycles. The fraction of sp³-hybridized carbons (Fsp3) is 0.467.